The lowest BCUT2D eigenvalue weighted by Gasteiger charge is -2.09. The minimum absolute atomic E-state index is 0.0508. The highest BCUT2D eigenvalue weighted by molar-refractivity contribution is 7.99. The van der Waals surface area contributed by atoms with Crippen LogP contribution in [0.2, 0.25) is 0 Å². The second-order valence-electron chi connectivity index (χ2n) is 4.19. The lowest BCUT2D eigenvalue weighted by atomic mass is 10.2. The molecule has 0 aliphatic carbocycles. The van der Waals surface area contributed by atoms with E-state index in [0.29, 0.717) is 23.9 Å². The molecule has 0 unspecified atom stereocenters. The third kappa shape index (κ3) is 3.97. The lowest BCUT2D eigenvalue weighted by Crippen LogP contribution is -2.10. The van der Waals surface area contributed by atoms with Crippen molar-refractivity contribution in [1.29, 1.82) is 0 Å². The van der Waals surface area contributed by atoms with Crippen molar-refractivity contribution in [2.45, 2.75) is 24.8 Å². The summed E-state index contributed by atoms with van der Waals surface area (Å²) in [6, 6.07) is 0.821. The minimum Gasteiger partial charge on any atom is -0.481 e. The van der Waals surface area contributed by atoms with Crippen LogP contribution in [0.5, 0.6) is 0 Å². The Balaban J connectivity index is 2.43. The van der Waals surface area contributed by atoms with Gasteiger partial charge in [-0.05, 0) is 13.0 Å². The van der Waals surface area contributed by atoms with Gasteiger partial charge in [-0.2, -0.15) is 18.3 Å². The third-order valence-electron chi connectivity index (χ3n) is 2.57. The predicted molar refractivity (Wildman–Crippen MR) is 72.3 cm³/mol. The van der Waals surface area contributed by atoms with E-state index in [1.807, 2.05) is 6.92 Å². The monoisotopic (exact) mass is 332 g/mol. The van der Waals surface area contributed by atoms with E-state index >= 15 is 0 Å². The molecule has 118 valence electrons. The van der Waals surface area contributed by atoms with Gasteiger partial charge in [-0.3, -0.25) is 9.48 Å². The van der Waals surface area contributed by atoms with Crippen LogP contribution in [0.15, 0.2) is 23.6 Å². The van der Waals surface area contributed by atoms with Crippen molar-refractivity contribution in [3.8, 4) is 11.3 Å². The first-order valence-corrected chi connectivity index (χ1v) is 7.12. The molecule has 0 saturated heterocycles. The molecule has 22 heavy (non-hydrogen) atoms. The van der Waals surface area contributed by atoms with E-state index < -0.39 is 23.6 Å². The summed E-state index contributed by atoms with van der Waals surface area (Å²) in [5, 5.41) is 12.4. The van der Waals surface area contributed by atoms with Gasteiger partial charge in [0, 0.05) is 18.3 Å². The second kappa shape index (κ2) is 6.34. The molecule has 0 radical (unpaired) electrons. The molecule has 2 heterocycles. The number of carboxylic acid groups (broad SMARTS) is 1. The van der Waals surface area contributed by atoms with Crippen LogP contribution in [0.1, 0.15) is 12.6 Å². The highest BCUT2D eigenvalue weighted by Gasteiger charge is 2.34. The van der Waals surface area contributed by atoms with Crippen LogP contribution in [-0.2, 0) is 17.5 Å². The molecule has 2 rings (SSSR count). The molecule has 0 amide bonds. The fourth-order valence-corrected chi connectivity index (χ4v) is 2.16. The molecule has 2 aromatic rings. The summed E-state index contributed by atoms with van der Waals surface area (Å²) in [6.45, 7) is 2.41. The maximum Gasteiger partial charge on any atom is 0.433 e. The SMILES string of the molecule is CCn1cc(-c2cc(C(F)(F)F)nc(SCC(=O)O)n2)cn1. The quantitative estimate of drug-likeness (QED) is 0.669. The zero-order valence-electron chi connectivity index (χ0n) is 11.3. The highest BCUT2D eigenvalue weighted by atomic mass is 32.2. The Morgan fingerprint density at radius 3 is 2.68 bits per heavy atom. The van der Waals surface area contributed by atoms with Crippen LogP contribution in [0, 0.1) is 0 Å². The largest absolute Gasteiger partial charge is 0.481 e. The normalized spacial score (nSPS) is 11.6. The lowest BCUT2D eigenvalue weighted by molar-refractivity contribution is -0.141. The van der Waals surface area contributed by atoms with E-state index in [9.17, 15) is 18.0 Å². The van der Waals surface area contributed by atoms with Crippen LogP contribution < -0.4 is 0 Å². The molecule has 0 saturated carbocycles. The Kier molecular flexibility index (Phi) is 4.69. The summed E-state index contributed by atoms with van der Waals surface area (Å²) >= 11 is 0.631. The molecule has 1 N–H and O–H groups in total. The van der Waals surface area contributed by atoms with Crippen molar-refractivity contribution in [2.24, 2.45) is 0 Å². The van der Waals surface area contributed by atoms with Crippen LogP contribution in [0.4, 0.5) is 13.2 Å². The van der Waals surface area contributed by atoms with E-state index in [1.165, 1.54) is 6.20 Å². The van der Waals surface area contributed by atoms with Gasteiger partial charge in [-0.25, -0.2) is 9.97 Å². The molecule has 0 fully saturated rings. The van der Waals surface area contributed by atoms with Crippen molar-refractivity contribution < 1.29 is 23.1 Å². The Morgan fingerprint density at radius 2 is 2.14 bits per heavy atom. The first kappa shape index (κ1) is 16.3. The van der Waals surface area contributed by atoms with Gasteiger partial charge in [0.25, 0.3) is 0 Å². The van der Waals surface area contributed by atoms with E-state index in [0.717, 1.165) is 6.07 Å². The summed E-state index contributed by atoms with van der Waals surface area (Å²) in [4.78, 5) is 17.9. The average molecular weight is 332 g/mol. The van der Waals surface area contributed by atoms with Crippen molar-refractivity contribution in [3.05, 3.63) is 24.2 Å². The predicted octanol–water partition coefficient (Wildman–Crippen LogP) is 2.56. The molecule has 0 aliphatic rings. The molecule has 6 nitrogen and oxygen atoms in total. The summed E-state index contributed by atoms with van der Waals surface area (Å²) in [5.41, 5.74) is -0.656. The number of carbonyl (C=O) groups is 1. The van der Waals surface area contributed by atoms with Gasteiger partial charge in [0.05, 0.1) is 17.6 Å². The van der Waals surface area contributed by atoms with E-state index in [4.69, 9.17) is 5.11 Å². The number of rotatable bonds is 5. The van der Waals surface area contributed by atoms with Crippen molar-refractivity contribution in [3.63, 3.8) is 0 Å². The van der Waals surface area contributed by atoms with Crippen molar-refractivity contribution in [1.82, 2.24) is 19.7 Å². The molecule has 0 aromatic carbocycles. The van der Waals surface area contributed by atoms with Crippen LogP contribution in [-0.4, -0.2) is 36.6 Å². The van der Waals surface area contributed by atoms with E-state index in [-0.39, 0.29) is 10.9 Å². The number of hydrogen-bond acceptors (Lipinski definition) is 5. The van der Waals surface area contributed by atoms with E-state index in [2.05, 4.69) is 15.1 Å². The summed E-state index contributed by atoms with van der Waals surface area (Å²) in [5.74, 6) is -1.58. The highest BCUT2D eigenvalue weighted by Crippen LogP contribution is 2.31. The first-order chi connectivity index (χ1) is 10.3. The molecule has 10 heteroatoms. The van der Waals surface area contributed by atoms with Crippen LogP contribution in [0.3, 0.4) is 0 Å². The third-order valence-corrected chi connectivity index (χ3v) is 3.41. The number of aromatic nitrogens is 4. The number of halogens is 3. The van der Waals surface area contributed by atoms with Gasteiger partial charge in [0.15, 0.2) is 5.16 Å². The van der Waals surface area contributed by atoms with E-state index in [1.54, 1.807) is 10.9 Å². The standard InChI is InChI=1S/C12H11F3N4O2S/c1-2-19-5-7(4-16-19)8-3-9(12(13,14)15)18-11(17-8)22-6-10(20)21/h3-5H,2,6H2,1H3,(H,20,21). The maximum atomic E-state index is 12.9. The molecule has 0 aliphatic heterocycles. The van der Waals surface area contributed by atoms with Gasteiger partial charge >= 0.3 is 12.1 Å². The molecular formula is C12H11F3N4O2S. The molecule has 0 bridgehead atoms. The fourth-order valence-electron chi connectivity index (χ4n) is 1.58. The first-order valence-electron chi connectivity index (χ1n) is 6.13. The van der Waals surface area contributed by atoms with Gasteiger partial charge in [0.2, 0.25) is 0 Å². The van der Waals surface area contributed by atoms with Crippen LogP contribution >= 0.6 is 11.8 Å². The zero-order valence-corrected chi connectivity index (χ0v) is 12.1. The fraction of sp³-hybridized carbons (Fsp3) is 0.333. The molecular weight excluding hydrogens is 321 g/mol. The number of carboxylic acids is 1. The van der Waals surface area contributed by atoms with Gasteiger partial charge < -0.3 is 5.11 Å². The zero-order chi connectivity index (χ0) is 16.3. The number of thioether (sulfide) groups is 1. The van der Waals surface area contributed by atoms with Crippen molar-refractivity contribution in [2.75, 3.05) is 5.75 Å². The molecule has 0 atom stereocenters. The number of alkyl halides is 3. The van der Waals surface area contributed by atoms with Gasteiger partial charge in [0.1, 0.15) is 5.69 Å². The number of aryl methyl sites for hydroxylation is 1. The number of hydrogen-bond donors (Lipinski definition) is 1. The Bertz CT molecular complexity index is 687. The second-order valence-corrected chi connectivity index (χ2v) is 5.13. The van der Waals surface area contributed by atoms with Gasteiger partial charge in [-0.1, -0.05) is 11.8 Å². The summed E-state index contributed by atoms with van der Waals surface area (Å²) in [6.07, 6.45) is -1.68. The Hall–Kier alpha value is -2.10. The topological polar surface area (TPSA) is 80.9 Å². The Labute approximate surface area is 127 Å². The van der Waals surface area contributed by atoms with Crippen molar-refractivity contribution >= 4 is 17.7 Å². The Morgan fingerprint density at radius 1 is 1.41 bits per heavy atom. The van der Waals surface area contributed by atoms with Crippen LogP contribution in [0.25, 0.3) is 11.3 Å². The van der Waals surface area contributed by atoms with Gasteiger partial charge in [-0.15, -0.1) is 0 Å². The molecule has 0 spiro atoms. The minimum atomic E-state index is -4.64. The number of aliphatic carboxylic acids is 1. The number of nitrogens with zero attached hydrogens (tertiary/aromatic N) is 4. The summed E-state index contributed by atoms with van der Waals surface area (Å²) < 4.78 is 40.2. The smallest absolute Gasteiger partial charge is 0.433 e. The molecule has 2 aromatic heterocycles. The summed E-state index contributed by atoms with van der Waals surface area (Å²) in [7, 11) is 0. The maximum absolute atomic E-state index is 12.9. The average Bonchev–Trinajstić information content (AvgIpc) is 2.93.